The second kappa shape index (κ2) is 4.96. The molecule has 1 N–H and O–H groups in total. The number of carbonyl (C=O) groups is 2. The Labute approximate surface area is 133 Å². The molecule has 1 amide bonds. The number of hydrogen-bond donors (Lipinski definition) is 1. The first-order valence-electron chi connectivity index (χ1n) is 7.45. The summed E-state index contributed by atoms with van der Waals surface area (Å²) in [6.07, 6.45) is 4.11. The molecule has 2 aromatic rings. The minimum absolute atomic E-state index is 0.432. The lowest BCUT2D eigenvalue weighted by Gasteiger charge is -2.22. The number of fused-ring (bicyclic) bond motifs is 3. The van der Waals surface area contributed by atoms with Gasteiger partial charge in [-0.05, 0) is 66.1 Å². The van der Waals surface area contributed by atoms with Crippen LogP contribution in [0.2, 0.25) is 5.02 Å². The molecule has 4 rings (SSSR count). The summed E-state index contributed by atoms with van der Waals surface area (Å²) in [7, 11) is 0. The molecule has 1 aliphatic carbocycles. The Bertz CT molecular complexity index is 809. The fraction of sp³-hybridized carbons (Fsp3) is 0.222. The van der Waals surface area contributed by atoms with Gasteiger partial charge in [-0.25, -0.2) is 0 Å². The minimum Gasteiger partial charge on any atom is -0.318 e. The van der Waals surface area contributed by atoms with Gasteiger partial charge in [-0.15, -0.1) is 0 Å². The summed E-state index contributed by atoms with van der Waals surface area (Å²) < 4.78 is 0. The second-order valence-corrected chi connectivity index (χ2v) is 6.24. The van der Waals surface area contributed by atoms with E-state index in [1.807, 2.05) is 30.3 Å². The molecule has 22 heavy (non-hydrogen) atoms. The van der Waals surface area contributed by atoms with Crippen LogP contribution >= 0.6 is 11.6 Å². The molecular formula is C18H14ClNO2. The van der Waals surface area contributed by atoms with Crippen molar-refractivity contribution >= 4 is 29.0 Å². The highest BCUT2D eigenvalue weighted by Gasteiger charge is 2.33. The van der Waals surface area contributed by atoms with E-state index < -0.39 is 11.7 Å². The quantitative estimate of drug-likeness (QED) is 0.808. The Hall–Kier alpha value is -2.13. The van der Waals surface area contributed by atoms with Gasteiger partial charge in [-0.3, -0.25) is 9.59 Å². The van der Waals surface area contributed by atoms with Crippen molar-refractivity contribution in [3.8, 4) is 11.1 Å². The molecule has 110 valence electrons. The summed E-state index contributed by atoms with van der Waals surface area (Å²) in [5.41, 5.74) is 5.72. The topological polar surface area (TPSA) is 46.2 Å². The molecule has 0 fully saturated rings. The number of halogens is 1. The van der Waals surface area contributed by atoms with Gasteiger partial charge in [0.15, 0.2) is 0 Å². The summed E-state index contributed by atoms with van der Waals surface area (Å²) in [4.78, 5) is 23.8. The molecule has 4 heteroatoms. The number of nitrogens with one attached hydrogen (secondary N) is 1. The van der Waals surface area contributed by atoms with Gasteiger partial charge in [-0.1, -0.05) is 23.7 Å². The first-order chi connectivity index (χ1) is 10.6. The number of Topliss-reactive ketones (excluding diaryl/α,β-unsaturated/α-hetero) is 1. The van der Waals surface area contributed by atoms with Gasteiger partial charge in [0.1, 0.15) is 0 Å². The van der Waals surface area contributed by atoms with Gasteiger partial charge in [0, 0.05) is 5.02 Å². The van der Waals surface area contributed by atoms with Crippen LogP contribution in [0.4, 0.5) is 5.69 Å². The zero-order valence-electron chi connectivity index (χ0n) is 11.9. The normalized spacial score (nSPS) is 16.2. The van der Waals surface area contributed by atoms with Crippen molar-refractivity contribution in [2.24, 2.45) is 0 Å². The Balaban J connectivity index is 1.98. The van der Waals surface area contributed by atoms with Crippen molar-refractivity contribution in [1.29, 1.82) is 0 Å². The molecule has 0 saturated carbocycles. The van der Waals surface area contributed by atoms with Gasteiger partial charge in [0.05, 0.1) is 11.3 Å². The van der Waals surface area contributed by atoms with E-state index in [9.17, 15) is 9.59 Å². The maximum absolute atomic E-state index is 12.1. The summed E-state index contributed by atoms with van der Waals surface area (Å²) >= 11 is 5.97. The molecule has 0 atom stereocenters. The fourth-order valence-electron chi connectivity index (χ4n) is 3.45. The van der Waals surface area contributed by atoms with Crippen LogP contribution in [0, 0.1) is 0 Å². The van der Waals surface area contributed by atoms with Crippen LogP contribution in [0.3, 0.4) is 0 Å². The third kappa shape index (κ3) is 1.97. The summed E-state index contributed by atoms with van der Waals surface area (Å²) in [6.45, 7) is 0. The van der Waals surface area contributed by atoms with E-state index in [0.29, 0.717) is 10.6 Å². The van der Waals surface area contributed by atoms with Crippen molar-refractivity contribution in [2.45, 2.75) is 25.7 Å². The van der Waals surface area contributed by atoms with E-state index in [-0.39, 0.29) is 0 Å². The molecule has 0 aromatic heterocycles. The van der Waals surface area contributed by atoms with Gasteiger partial charge < -0.3 is 5.32 Å². The summed E-state index contributed by atoms with van der Waals surface area (Å²) in [6, 6.07) is 9.50. The van der Waals surface area contributed by atoms with Gasteiger partial charge >= 0.3 is 0 Å². The molecule has 0 bridgehead atoms. The SMILES string of the molecule is O=C1Nc2c(cc(-c3ccc(Cl)cc3)c3c2CCCC3)C1=O. The molecule has 0 saturated heterocycles. The zero-order chi connectivity index (χ0) is 15.3. The van der Waals surface area contributed by atoms with Crippen molar-refractivity contribution in [2.75, 3.05) is 5.32 Å². The molecule has 2 aromatic carbocycles. The zero-order valence-corrected chi connectivity index (χ0v) is 12.7. The predicted octanol–water partition coefficient (Wildman–Crippen LogP) is 4.02. The van der Waals surface area contributed by atoms with Crippen molar-refractivity contribution in [3.05, 3.63) is 52.0 Å². The fourth-order valence-corrected chi connectivity index (χ4v) is 3.57. The van der Waals surface area contributed by atoms with Gasteiger partial charge in [0.2, 0.25) is 0 Å². The highest BCUT2D eigenvalue weighted by atomic mass is 35.5. The van der Waals surface area contributed by atoms with E-state index >= 15 is 0 Å². The summed E-state index contributed by atoms with van der Waals surface area (Å²) in [5.74, 6) is -0.949. The monoisotopic (exact) mass is 311 g/mol. The average Bonchev–Trinajstić information content (AvgIpc) is 2.83. The van der Waals surface area contributed by atoms with Crippen molar-refractivity contribution in [1.82, 2.24) is 0 Å². The number of carbonyl (C=O) groups excluding carboxylic acids is 2. The molecule has 1 aliphatic heterocycles. The van der Waals surface area contributed by atoms with Gasteiger partial charge in [-0.2, -0.15) is 0 Å². The number of hydrogen-bond acceptors (Lipinski definition) is 2. The van der Waals surface area contributed by atoms with Gasteiger partial charge in [0.25, 0.3) is 11.7 Å². The maximum atomic E-state index is 12.1. The lowest BCUT2D eigenvalue weighted by molar-refractivity contribution is -0.112. The Kier molecular flexibility index (Phi) is 3.05. The number of anilines is 1. The third-order valence-electron chi connectivity index (χ3n) is 4.50. The van der Waals surface area contributed by atoms with Crippen molar-refractivity contribution < 1.29 is 9.59 Å². The van der Waals surface area contributed by atoms with E-state index in [1.54, 1.807) is 0 Å². The van der Waals surface area contributed by atoms with Crippen LogP contribution < -0.4 is 5.32 Å². The smallest absolute Gasteiger partial charge is 0.296 e. The second-order valence-electron chi connectivity index (χ2n) is 5.80. The van der Waals surface area contributed by atoms with E-state index in [0.717, 1.165) is 48.1 Å². The highest BCUT2D eigenvalue weighted by Crippen LogP contribution is 2.40. The number of rotatable bonds is 1. The summed E-state index contributed by atoms with van der Waals surface area (Å²) in [5, 5.41) is 3.44. The number of amides is 1. The first-order valence-corrected chi connectivity index (χ1v) is 7.83. The lowest BCUT2D eigenvalue weighted by Crippen LogP contribution is -2.12. The first kappa shape index (κ1) is 13.5. The van der Waals surface area contributed by atoms with E-state index in [1.165, 1.54) is 5.56 Å². The van der Waals surface area contributed by atoms with Crippen molar-refractivity contribution in [3.63, 3.8) is 0 Å². The van der Waals surface area contributed by atoms with E-state index in [4.69, 9.17) is 11.6 Å². The molecular weight excluding hydrogens is 298 g/mol. The van der Waals surface area contributed by atoms with E-state index in [2.05, 4.69) is 5.32 Å². The molecule has 0 unspecified atom stereocenters. The Morgan fingerprint density at radius 2 is 1.59 bits per heavy atom. The van der Waals surface area contributed by atoms with Crippen LogP contribution in [-0.4, -0.2) is 11.7 Å². The standard InChI is InChI=1S/C18H14ClNO2/c19-11-7-5-10(6-8-11)14-9-15-16(20-18(22)17(15)21)13-4-2-1-3-12(13)14/h5-9H,1-4H2,(H,20,21,22). The van der Waals surface area contributed by atoms with Crippen LogP contribution in [0.15, 0.2) is 30.3 Å². The number of ketones is 1. The molecule has 3 nitrogen and oxygen atoms in total. The lowest BCUT2D eigenvalue weighted by atomic mass is 9.83. The molecule has 2 aliphatic rings. The number of benzene rings is 2. The minimum atomic E-state index is -0.518. The molecule has 1 heterocycles. The molecule has 0 spiro atoms. The van der Waals surface area contributed by atoms with Crippen LogP contribution in [0.5, 0.6) is 0 Å². The predicted molar refractivity (Wildman–Crippen MR) is 86.5 cm³/mol. The average molecular weight is 312 g/mol. The highest BCUT2D eigenvalue weighted by molar-refractivity contribution is 6.52. The largest absolute Gasteiger partial charge is 0.318 e. The third-order valence-corrected chi connectivity index (χ3v) is 4.75. The van der Waals surface area contributed by atoms with Crippen LogP contribution in [0.1, 0.15) is 34.3 Å². The van der Waals surface area contributed by atoms with Crippen LogP contribution in [-0.2, 0) is 17.6 Å². The Morgan fingerprint density at radius 3 is 2.32 bits per heavy atom. The maximum Gasteiger partial charge on any atom is 0.296 e. The Morgan fingerprint density at radius 1 is 0.909 bits per heavy atom. The molecule has 0 radical (unpaired) electrons. The van der Waals surface area contributed by atoms with Crippen LogP contribution in [0.25, 0.3) is 11.1 Å².